The van der Waals surface area contributed by atoms with Crippen LogP contribution in [0.15, 0.2) is 23.3 Å². The molecule has 0 aliphatic heterocycles. The zero-order chi connectivity index (χ0) is 18.9. The molecule has 0 aromatic heterocycles. The van der Waals surface area contributed by atoms with Crippen molar-refractivity contribution in [1.29, 1.82) is 0 Å². The van der Waals surface area contributed by atoms with Crippen LogP contribution in [-0.4, -0.2) is 14.4 Å². The van der Waals surface area contributed by atoms with E-state index >= 15 is 0 Å². The topological polar surface area (TPSA) is 26.0 Å². The van der Waals surface area contributed by atoms with E-state index in [4.69, 9.17) is 12.2 Å². The quantitative estimate of drug-likeness (QED) is 0.440. The van der Waals surface area contributed by atoms with E-state index in [0.29, 0.717) is 5.92 Å². The molecule has 0 radical (unpaired) electrons. The third kappa shape index (κ3) is 3.78. The molecule has 2 rings (SSSR count). The fourth-order valence-corrected chi connectivity index (χ4v) is 5.69. The average Bonchev–Trinajstić information content (AvgIpc) is 2.53. The van der Waals surface area contributed by atoms with Gasteiger partial charge in [0.1, 0.15) is 7.85 Å². The Morgan fingerprint density at radius 2 is 2.08 bits per heavy atom. The van der Waals surface area contributed by atoms with E-state index in [0.717, 1.165) is 25.8 Å². The smallest absolute Gasteiger partial charge is 0.114 e. The predicted molar refractivity (Wildman–Crippen MR) is 113 cm³/mol. The lowest BCUT2D eigenvalue weighted by Crippen LogP contribution is -2.47. The first kappa shape index (κ1) is 20.4. The maximum Gasteiger partial charge on any atom is 0.114 e. The van der Waals surface area contributed by atoms with E-state index in [2.05, 4.69) is 60.5 Å². The third-order valence-electron chi connectivity index (χ3n) is 7.17. The molecule has 25 heavy (non-hydrogen) atoms. The molecule has 4 atom stereocenters. The zero-order valence-corrected chi connectivity index (χ0v) is 17.4. The molecule has 0 amide bonds. The van der Waals surface area contributed by atoms with Crippen molar-refractivity contribution in [3.05, 3.63) is 23.3 Å². The van der Waals surface area contributed by atoms with Crippen LogP contribution in [0.5, 0.6) is 0 Å². The Balaban J connectivity index is 2.71. The summed E-state index contributed by atoms with van der Waals surface area (Å²) in [5.74, 6) is 4.10. The van der Waals surface area contributed by atoms with Gasteiger partial charge in [0.25, 0.3) is 0 Å². The highest BCUT2D eigenvalue weighted by Gasteiger charge is 2.53. The molecule has 0 saturated heterocycles. The van der Waals surface area contributed by atoms with Crippen molar-refractivity contribution < 1.29 is 0 Å². The second-order valence-corrected chi connectivity index (χ2v) is 9.85. The van der Waals surface area contributed by atoms with Crippen LogP contribution in [0.25, 0.3) is 0 Å². The highest BCUT2D eigenvalue weighted by atomic mass is 14.6. The monoisotopic (exact) mass is 339 g/mol. The lowest BCUT2D eigenvalue weighted by atomic mass is 9.44. The second kappa shape index (κ2) is 7.36. The summed E-state index contributed by atoms with van der Waals surface area (Å²) in [5.41, 5.74) is 9.45. The number of hydrogen-bond acceptors (Lipinski definition) is 1. The maximum atomic E-state index is 6.07. The Bertz CT molecular complexity index is 590. The maximum absolute atomic E-state index is 6.07. The number of fused-ring (bicyclic) bond motifs is 1. The Hall–Kier alpha value is -0.935. The van der Waals surface area contributed by atoms with Crippen LogP contribution < -0.4 is 5.73 Å². The van der Waals surface area contributed by atoms with E-state index in [1.165, 1.54) is 19.3 Å². The van der Waals surface area contributed by atoms with Crippen molar-refractivity contribution in [3.63, 3.8) is 0 Å². The van der Waals surface area contributed by atoms with Crippen molar-refractivity contribution in [1.82, 2.24) is 0 Å². The minimum absolute atomic E-state index is 0.123. The molecule has 0 aromatic rings. The van der Waals surface area contributed by atoms with Gasteiger partial charge >= 0.3 is 0 Å². The fraction of sp³-hybridized carbons (Fsp3) is 0.739. The molecule has 4 unspecified atom stereocenters. The number of nitrogens with two attached hydrogens (primary N) is 1. The van der Waals surface area contributed by atoms with Gasteiger partial charge in [-0.15, -0.1) is 12.3 Å². The Morgan fingerprint density at radius 1 is 1.40 bits per heavy atom. The van der Waals surface area contributed by atoms with E-state index in [1.54, 1.807) is 11.1 Å². The van der Waals surface area contributed by atoms with E-state index in [-0.39, 0.29) is 22.1 Å². The number of terminal acetylenes is 1. The molecule has 0 fully saturated rings. The van der Waals surface area contributed by atoms with Gasteiger partial charge in [0, 0.05) is 11.3 Å². The first-order valence-electron chi connectivity index (χ1n) is 10.2. The van der Waals surface area contributed by atoms with Crippen LogP contribution in [0.3, 0.4) is 0 Å². The van der Waals surface area contributed by atoms with Gasteiger partial charge in [0.2, 0.25) is 0 Å². The largest absolute Gasteiger partial charge is 0.330 e. The summed E-state index contributed by atoms with van der Waals surface area (Å²) >= 11 is 0. The van der Waals surface area contributed by atoms with Crippen molar-refractivity contribution in [2.75, 3.05) is 6.54 Å². The molecule has 0 saturated carbocycles. The molecule has 0 spiro atoms. The normalized spacial score (nSPS) is 36.1. The highest BCUT2D eigenvalue weighted by Crippen LogP contribution is 2.63. The van der Waals surface area contributed by atoms with Gasteiger partial charge < -0.3 is 5.73 Å². The van der Waals surface area contributed by atoms with Gasteiger partial charge in [0.15, 0.2) is 0 Å². The lowest BCUT2D eigenvalue weighted by Gasteiger charge is -2.57. The lowest BCUT2D eigenvalue weighted by molar-refractivity contribution is 0.0626. The number of allylic oxidation sites excluding steroid dienone is 4. The number of hydrogen-bond donors (Lipinski definition) is 1. The van der Waals surface area contributed by atoms with Gasteiger partial charge in [-0.25, -0.2) is 0 Å². The molecule has 138 valence electrons. The summed E-state index contributed by atoms with van der Waals surface area (Å²) in [7, 11) is 2.43. The molecule has 0 aromatic carbocycles. The third-order valence-corrected chi connectivity index (χ3v) is 7.17. The Kier molecular flexibility index (Phi) is 6.00. The van der Waals surface area contributed by atoms with Gasteiger partial charge in [-0.2, -0.15) is 0 Å². The van der Waals surface area contributed by atoms with Crippen LogP contribution >= 0.6 is 0 Å². The molecule has 2 aliphatic rings. The summed E-state index contributed by atoms with van der Waals surface area (Å²) < 4.78 is 0. The van der Waals surface area contributed by atoms with Crippen LogP contribution in [0, 0.1) is 35.0 Å². The Labute approximate surface area is 157 Å². The minimum atomic E-state index is 0.123. The van der Waals surface area contributed by atoms with Crippen molar-refractivity contribution in [2.45, 2.75) is 78.5 Å². The molecule has 2 N–H and O–H groups in total. The van der Waals surface area contributed by atoms with E-state index in [1.807, 2.05) is 0 Å². The first-order chi connectivity index (χ1) is 11.6. The summed E-state index contributed by atoms with van der Waals surface area (Å²) in [6.45, 7) is 12.6. The highest BCUT2D eigenvalue weighted by molar-refractivity contribution is 6.17. The molecule has 0 bridgehead atoms. The molecule has 2 heteroatoms. The fourth-order valence-electron chi connectivity index (χ4n) is 5.69. The van der Waals surface area contributed by atoms with E-state index in [9.17, 15) is 0 Å². The average molecular weight is 339 g/mol. The Morgan fingerprint density at radius 3 is 2.68 bits per heavy atom. The molecular weight excluding hydrogens is 301 g/mol. The molecule has 1 nitrogen and oxygen atoms in total. The minimum Gasteiger partial charge on any atom is -0.330 e. The van der Waals surface area contributed by atoms with Crippen LogP contribution in [-0.2, 0) is 0 Å². The van der Waals surface area contributed by atoms with Crippen LogP contribution in [0.1, 0.15) is 73.1 Å². The summed E-state index contributed by atoms with van der Waals surface area (Å²) in [4.78, 5) is 0. The first-order valence-corrected chi connectivity index (χ1v) is 10.2. The standard InChI is InChI=1S/C23H38BN/c1-7-17(2)23-16-21(4,5)13-9-8-11-19(23)15-22(6,24)18(3)20(23)12-10-14-25/h1,9,13,17,19H,8,10-12,14-16,24-25H2,2-6H3. The van der Waals surface area contributed by atoms with Gasteiger partial charge in [0.05, 0.1) is 0 Å². The van der Waals surface area contributed by atoms with Crippen molar-refractivity contribution in [2.24, 2.45) is 28.4 Å². The van der Waals surface area contributed by atoms with Crippen LogP contribution in [0.2, 0.25) is 5.31 Å². The van der Waals surface area contributed by atoms with Crippen LogP contribution in [0.4, 0.5) is 0 Å². The SMILES string of the molecule is BC1(C)CC2CCC=CC(C)(C)CC2(C(C)C#C)C(CCCN)=C1C. The molecule has 0 heterocycles. The van der Waals surface area contributed by atoms with Crippen molar-refractivity contribution >= 4 is 7.85 Å². The summed E-state index contributed by atoms with van der Waals surface area (Å²) in [5, 5.41) is 0.263. The summed E-state index contributed by atoms with van der Waals surface area (Å²) in [6.07, 6.45) is 17.9. The van der Waals surface area contributed by atoms with Gasteiger partial charge in [-0.05, 0) is 68.6 Å². The summed E-state index contributed by atoms with van der Waals surface area (Å²) in [6, 6.07) is 0. The second-order valence-electron chi connectivity index (χ2n) is 9.85. The molecular formula is C23H38BN. The molecule has 2 aliphatic carbocycles. The van der Waals surface area contributed by atoms with E-state index < -0.39 is 0 Å². The zero-order valence-electron chi connectivity index (χ0n) is 17.4. The van der Waals surface area contributed by atoms with Gasteiger partial charge in [-0.1, -0.05) is 51.0 Å². The van der Waals surface area contributed by atoms with Crippen molar-refractivity contribution in [3.8, 4) is 12.3 Å². The predicted octanol–water partition coefficient (Wildman–Crippen LogP) is 4.90. The number of rotatable bonds is 4. The van der Waals surface area contributed by atoms with Gasteiger partial charge in [-0.3, -0.25) is 0 Å².